The van der Waals surface area contributed by atoms with E-state index in [1.807, 2.05) is 0 Å². The molecule has 0 atom stereocenters. The fourth-order valence-corrected chi connectivity index (χ4v) is 2.59. The van der Waals surface area contributed by atoms with Crippen LogP contribution in [0, 0.1) is 0 Å². The van der Waals surface area contributed by atoms with E-state index >= 15 is 0 Å². The number of halogens is 3. The van der Waals surface area contributed by atoms with Crippen LogP contribution in [0.15, 0.2) is 29.4 Å². The highest BCUT2D eigenvalue weighted by atomic mass is 32.2. The molecule has 0 saturated heterocycles. The molecule has 2 aromatic rings. The molecule has 0 amide bonds. The summed E-state index contributed by atoms with van der Waals surface area (Å²) in [7, 11) is 0. The Bertz CT molecular complexity index is 522. The molecule has 1 heterocycles. The van der Waals surface area contributed by atoms with Gasteiger partial charge in [0.1, 0.15) is 0 Å². The van der Waals surface area contributed by atoms with Gasteiger partial charge in [-0.3, -0.25) is 0 Å². The molecule has 0 aliphatic rings. The molecule has 2 N–H and O–H groups in total. The average molecular weight is 291 g/mol. The summed E-state index contributed by atoms with van der Waals surface area (Å²) in [6, 6.07) is 5.04. The minimum atomic E-state index is -4.30. The Morgan fingerprint density at radius 2 is 1.89 bits per heavy atom. The number of nitrogens with zero attached hydrogens (tertiary/aromatic N) is 2. The van der Waals surface area contributed by atoms with Gasteiger partial charge in [-0.15, -0.1) is 0 Å². The Hall–Kier alpha value is -1.28. The third-order valence-corrected chi connectivity index (χ3v) is 3.65. The SMILES string of the molecule is Nc1nc(SCc2ccc(C(F)(F)F)cc2)ns1. The van der Waals surface area contributed by atoms with Crippen LogP contribution < -0.4 is 5.73 Å². The van der Waals surface area contributed by atoms with Crippen molar-refractivity contribution in [3.05, 3.63) is 35.4 Å². The van der Waals surface area contributed by atoms with Crippen LogP contribution in [0.5, 0.6) is 0 Å². The van der Waals surface area contributed by atoms with Crippen molar-refractivity contribution in [2.45, 2.75) is 17.1 Å². The number of anilines is 1. The molecule has 1 aromatic heterocycles. The molecule has 2 rings (SSSR count). The predicted octanol–water partition coefficient (Wildman–Crippen LogP) is 3.43. The van der Waals surface area contributed by atoms with Crippen molar-refractivity contribution in [2.24, 2.45) is 0 Å². The van der Waals surface area contributed by atoms with E-state index in [0.717, 1.165) is 29.2 Å². The molecule has 0 bridgehead atoms. The van der Waals surface area contributed by atoms with Gasteiger partial charge in [0, 0.05) is 17.3 Å². The lowest BCUT2D eigenvalue weighted by molar-refractivity contribution is -0.137. The highest BCUT2D eigenvalue weighted by Gasteiger charge is 2.29. The maximum Gasteiger partial charge on any atom is 0.416 e. The predicted molar refractivity (Wildman–Crippen MR) is 65.3 cm³/mol. The van der Waals surface area contributed by atoms with Crippen molar-refractivity contribution in [3.8, 4) is 0 Å². The first kappa shape index (κ1) is 13.2. The lowest BCUT2D eigenvalue weighted by Crippen LogP contribution is -2.04. The van der Waals surface area contributed by atoms with Gasteiger partial charge in [-0.25, -0.2) is 0 Å². The van der Waals surface area contributed by atoms with Crippen molar-refractivity contribution in [3.63, 3.8) is 0 Å². The summed E-state index contributed by atoms with van der Waals surface area (Å²) >= 11 is 2.43. The van der Waals surface area contributed by atoms with Crippen LogP contribution in [0.3, 0.4) is 0 Å². The quantitative estimate of drug-likeness (QED) is 0.880. The number of benzene rings is 1. The van der Waals surface area contributed by atoms with Crippen molar-refractivity contribution in [2.75, 3.05) is 5.73 Å². The van der Waals surface area contributed by atoms with Gasteiger partial charge >= 0.3 is 6.18 Å². The highest BCUT2D eigenvalue weighted by molar-refractivity contribution is 7.98. The fourth-order valence-electron chi connectivity index (χ4n) is 1.22. The molecule has 0 saturated carbocycles. The summed E-state index contributed by atoms with van der Waals surface area (Å²) in [4.78, 5) is 3.95. The first-order chi connectivity index (χ1) is 8.45. The fraction of sp³-hybridized carbons (Fsp3) is 0.200. The van der Waals surface area contributed by atoms with Gasteiger partial charge in [-0.2, -0.15) is 22.5 Å². The van der Waals surface area contributed by atoms with E-state index in [-0.39, 0.29) is 0 Å². The number of nitrogens with two attached hydrogens (primary N) is 1. The third kappa shape index (κ3) is 3.36. The Kier molecular flexibility index (Phi) is 3.76. The molecule has 1 aromatic carbocycles. The largest absolute Gasteiger partial charge is 0.416 e. The molecule has 0 aliphatic heterocycles. The van der Waals surface area contributed by atoms with E-state index in [9.17, 15) is 13.2 Å². The molecule has 8 heteroatoms. The zero-order valence-electron chi connectivity index (χ0n) is 8.94. The van der Waals surface area contributed by atoms with E-state index in [0.29, 0.717) is 16.0 Å². The van der Waals surface area contributed by atoms with Gasteiger partial charge in [-0.05, 0) is 17.7 Å². The lowest BCUT2D eigenvalue weighted by Gasteiger charge is -2.06. The number of hydrogen-bond acceptors (Lipinski definition) is 5. The van der Waals surface area contributed by atoms with Crippen molar-refractivity contribution >= 4 is 28.4 Å². The van der Waals surface area contributed by atoms with E-state index in [1.165, 1.54) is 23.9 Å². The van der Waals surface area contributed by atoms with E-state index in [2.05, 4.69) is 9.36 Å². The van der Waals surface area contributed by atoms with Crippen LogP contribution >= 0.6 is 23.3 Å². The zero-order chi connectivity index (χ0) is 13.2. The van der Waals surface area contributed by atoms with Gasteiger partial charge in [0.15, 0.2) is 0 Å². The Balaban J connectivity index is 1.98. The summed E-state index contributed by atoms with van der Waals surface area (Å²) in [5.41, 5.74) is 5.55. The normalized spacial score (nSPS) is 11.7. The van der Waals surface area contributed by atoms with Crippen molar-refractivity contribution in [1.29, 1.82) is 0 Å². The summed E-state index contributed by atoms with van der Waals surface area (Å²) in [6.45, 7) is 0. The zero-order valence-corrected chi connectivity index (χ0v) is 10.6. The first-order valence-electron chi connectivity index (χ1n) is 4.83. The molecule has 0 fully saturated rings. The van der Waals surface area contributed by atoms with Gasteiger partial charge in [0.25, 0.3) is 0 Å². The standard InChI is InChI=1S/C10H8F3N3S2/c11-10(12,13)7-3-1-6(2-4-7)5-17-9-15-8(14)18-16-9/h1-4H,5H2,(H2,14,15,16). The summed E-state index contributed by atoms with van der Waals surface area (Å²) in [5, 5.41) is 0.919. The summed E-state index contributed by atoms with van der Waals surface area (Å²) in [6.07, 6.45) is -4.30. The Labute approximate surface area is 109 Å². The molecule has 0 unspecified atom stereocenters. The minimum Gasteiger partial charge on any atom is -0.374 e. The van der Waals surface area contributed by atoms with Crippen LogP contribution in [0.2, 0.25) is 0 Å². The molecular weight excluding hydrogens is 283 g/mol. The molecule has 0 aliphatic carbocycles. The number of rotatable bonds is 3. The lowest BCUT2D eigenvalue weighted by atomic mass is 10.1. The summed E-state index contributed by atoms with van der Waals surface area (Å²) < 4.78 is 41.0. The average Bonchev–Trinajstić information content (AvgIpc) is 2.72. The number of alkyl halides is 3. The van der Waals surface area contributed by atoms with Crippen molar-refractivity contribution in [1.82, 2.24) is 9.36 Å². The van der Waals surface area contributed by atoms with Crippen LogP contribution in [0.4, 0.5) is 18.3 Å². The topological polar surface area (TPSA) is 51.8 Å². The molecule has 0 spiro atoms. The van der Waals surface area contributed by atoms with Gasteiger partial charge < -0.3 is 5.73 Å². The minimum absolute atomic E-state index is 0.380. The van der Waals surface area contributed by atoms with Crippen LogP contribution in [-0.2, 0) is 11.9 Å². The molecule has 0 radical (unpaired) electrons. The maximum atomic E-state index is 12.3. The smallest absolute Gasteiger partial charge is 0.374 e. The van der Waals surface area contributed by atoms with Gasteiger partial charge in [0.05, 0.1) is 5.56 Å². The number of nitrogen functional groups attached to an aromatic ring is 1. The van der Waals surface area contributed by atoms with E-state index in [1.54, 1.807) is 0 Å². The van der Waals surface area contributed by atoms with Crippen molar-refractivity contribution < 1.29 is 13.2 Å². The van der Waals surface area contributed by atoms with Crippen LogP contribution in [0.1, 0.15) is 11.1 Å². The first-order valence-corrected chi connectivity index (χ1v) is 6.59. The van der Waals surface area contributed by atoms with Gasteiger partial charge in [-0.1, -0.05) is 23.9 Å². The second-order valence-corrected chi connectivity index (χ2v) is 5.12. The van der Waals surface area contributed by atoms with E-state index in [4.69, 9.17) is 5.73 Å². The van der Waals surface area contributed by atoms with Crippen LogP contribution in [-0.4, -0.2) is 9.36 Å². The number of aromatic nitrogens is 2. The molecular formula is C10H8F3N3S2. The summed E-state index contributed by atoms with van der Waals surface area (Å²) in [5.74, 6) is 0.508. The monoisotopic (exact) mass is 291 g/mol. The second kappa shape index (κ2) is 5.15. The maximum absolute atomic E-state index is 12.3. The molecule has 96 valence electrons. The molecule has 3 nitrogen and oxygen atoms in total. The highest BCUT2D eigenvalue weighted by Crippen LogP contribution is 2.30. The Morgan fingerprint density at radius 1 is 1.22 bits per heavy atom. The molecule has 18 heavy (non-hydrogen) atoms. The van der Waals surface area contributed by atoms with Crippen LogP contribution in [0.25, 0.3) is 0 Å². The van der Waals surface area contributed by atoms with Gasteiger partial charge in [0.2, 0.25) is 10.3 Å². The number of hydrogen-bond donors (Lipinski definition) is 1. The third-order valence-electron chi connectivity index (χ3n) is 2.07. The Morgan fingerprint density at radius 3 is 2.39 bits per heavy atom. The second-order valence-electron chi connectivity index (χ2n) is 3.40. The number of thioether (sulfide) groups is 1. The van der Waals surface area contributed by atoms with E-state index < -0.39 is 11.7 Å².